The summed E-state index contributed by atoms with van der Waals surface area (Å²) in [6.07, 6.45) is 2.06. The van der Waals surface area contributed by atoms with Crippen molar-refractivity contribution < 1.29 is 9.84 Å². The van der Waals surface area contributed by atoms with Crippen molar-refractivity contribution >= 4 is 21.6 Å². The van der Waals surface area contributed by atoms with Crippen LogP contribution in [-0.2, 0) is 0 Å². The number of ether oxygens (including phenoxy) is 1. The van der Waals surface area contributed by atoms with Crippen LogP contribution in [0.4, 0.5) is 0 Å². The van der Waals surface area contributed by atoms with Crippen LogP contribution >= 0.6 is 11.5 Å². The molecule has 164 valence electrons. The third-order valence-corrected chi connectivity index (χ3v) is 5.91. The van der Waals surface area contributed by atoms with Gasteiger partial charge in [-0.3, -0.25) is 0 Å². The minimum absolute atomic E-state index is 0.218. The maximum atomic E-state index is 9.05. The first-order valence-corrected chi connectivity index (χ1v) is 11.6. The summed E-state index contributed by atoms with van der Waals surface area (Å²) in [6.45, 7) is 6.44. The topological polar surface area (TPSA) is 57.6 Å². The molecule has 0 bridgehead atoms. The Kier molecular flexibility index (Phi) is 9.32. The van der Waals surface area contributed by atoms with Gasteiger partial charge in [0, 0.05) is 23.1 Å². The number of benzene rings is 2. The van der Waals surface area contributed by atoms with Crippen molar-refractivity contribution in [2.75, 3.05) is 46.4 Å². The molecule has 2 aromatic carbocycles. The number of rotatable bonds is 11. The molecule has 0 atom stereocenters. The SMILES string of the molecule is CCN(CCO)CCCCOc1ccc2c(-c3ccc(C#CCNC)cc3)nsc2c1. The second kappa shape index (κ2) is 12.4. The van der Waals surface area contributed by atoms with Gasteiger partial charge in [-0.05, 0) is 74.8 Å². The van der Waals surface area contributed by atoms with Crippen molar-refractivity contribution in [1.82, 2.24) is 14.6 Å². The molecule has 0 spiro atoms. The van der Waals surface area contributed by atoms with Crippen LogP contribution in [0.3, 0.4) is 0 Å². The van der Waals surface area contributed by atoms with E-state index in [-0.39, 0.29) is 6.61 Å². The van der Waals surface area contributed by atoms with E-state index in [1.54, 1.807) is 0 Å². The van der Waals surface area contributed by atoms with Gasteiger partial charge in [-0.1, -0.05) is 30.9 Å². The highest BCUT2D eigenvalue weighted by atomic mass is 32.1. The molecule has 1 heterocycles. The lowest BCUT2D eigenvalue weighted by atomic mass is 10.1. The fourth-order valence-corrected chi connectivity index (χ4v) is 4.18. The number of aliphatic hydroxyl groups excluding tert-OH is 1. The van der Waals surface area contributed by atoms with Crippen molar-refractivity contribution in [3.05, 3.63) is 48.0 Å². The summed E-state index contributed by atoms with van der Waals surface area (Å²) in [5.41, 5.74) is 3.11. The summed E-state index contributed by atoms with van der Waals surface area (Å²) >= 11 is 1.50. The zero-order valence-corrected chi connectivity index (χ0v) is 19.2. The molecule has 3 aromatic rings. The Bertz CT molecular complexity index is 1010. The normalized spacial score (nSPS) is 11.0. The van der Waals surface area contributed by atoms with E-state index in [2.05, 4.69) is 57.6 Å². The number of likely N-dealkylation sites (N-methyl/N-ethyl adjacent to an activating group) is 1. The Balaban J connectivity index is 1.57. The first-order valence-electron chi connectivity index (χ1n) is 10.8. The van der Waals surface area contributed by atoms with Gasteiger partial charge in [0.25, 0.3) is 0 Å². The standard InChI is InChI=1S/C25H31N3O2S/c1-3-28(16-17-29)15-4-5-18-30-22-12-13-23-24(19-22)31-27-25(23)21-10-8-20(9-11-21)7-6-14-26-2/h8-13,19,26,29H,3-5,14-18H2,1-2H3. The Hall–Kier alpha value is -2.43. The number of hydrogen-bond acceptors (Lipinski definition) is 6. The molecule has 5 nitrogen and oxygen atoms in total. The predicted molar refractivity (Wildman–Crippen MR) is 130 cm³/mol. The second-order valence-corrected chi connectivity index (χ2v) is 8.12. The molecular formula is C25H31N3O2S. The summed E-state index contributed by atoms with van der Waals surface area (Å²) in [4.78, 5) is 2.26. The molecule has 0 unspecified atom stereocenters. The van der Waals surface area contributed by atoms with E-state index in [1.165, 1.54) is 11.5 Å². The Morgan fingerprint density at radius 2 is 1.97 bits per heavy atom. The van der Waals surface area contributed by atoms with Crippen molar-refractivity contribution in [2.45, 2.75) is 19.8 Å². The van der Waals surface area contributed by atoms with E-state index in [0.29, 0.717) is 13.2 Å². The average Bonchev–Trinajstić information content (AvgIpc) is 3.22. The molecular weight excluding hydrogens is 406 g/mol. The first-order chi connectivity index (χ1) is 15.2. The molecule has 0 fully saturated rings. The van der Waals surface area contributed by atoms with E-state index in [4.69, 9.17) is 9.84 Å². The summed E-state index contributed by atoms with van der Waals surface area (Å²) < 4.78 is 11.8. The molecule has 31 heavy (non-hydrogen) atoms. The fourth-order valence-electron chi connectivity index (χ4n) is 3.36. The maximum Gasteiger partial charge on any atom is 0.120 e. The summed E-state index contributed by atoms with van der Waals surface area (Å²) in [6, 6.07) is 14.5. The van der Waals surface area contributed by atoms with Gasteiger partial charge >= 0.3 is 0 Å². The second-order valence-electron chi connectivity index (χ2n) is 7.31. The van der Waals surface area contributed by atoms with Crippen LogP contribution in [0.25, 0.3) is 21.3 Å². The number of nitrogens with zero attached hydrogens (tertiary/aromatic N) is 2. The molecule has 1 aromatic heterocycles. The Morgan fingerprint density at radius 1 is 1.13 bits per heavy atom. The van der Waals surface area contributed by atoms with Crippen molar-refractivity contribution in [1.29, 1.82) is 0 Å². The number of unbranched alkanes of at least 4 members (excludes halogenated alkanes) is 1. The van der Waals surface area contributed by atoms with Gasteiger partial charge in [0.05, 0.1) is 30.2 Å². The third-order valence-electron chi connectivity index (χ3n) is 5.10. The Labute approximate surface area is 189 Å². The molecule has 0 amide bonds. The van der Waals surface area contributed by atoms with Crippen molar-refractivity contribution in [3.8, 4) is 28.8 Å². The van der Waals surface area contributed by atoms with Crippen LogP contribution < -0.4 is 10.1 Å². The van der Waals surface area contributed by atoms with E-state index in [1.807, 2.05) is 25.2 Å². The number of hydrogen-bond donors (Lipinski definition) is 2. The van der Waals surface area contributed by atoms with Crippen LogP contribution in [0.1, 0.15) is 25.3 Å². The van der Waals surface area contributed by atoms with Gasteiger partial charge in [0.2, 0.25) is 0 Å². The summed E-state index contributed by atoms with van der Waals surface area (Å²) in [7, 11) is 1.89. The molecule has 3 rings (SSSR count). The highest BCUT2D eigenvalue weighted by Crippen LogP contribution is 2.33. The first kappa shape index (κ1) is 23.2. The monoisotopic (exact) mass is 437 g/mol. The number of fused-ring (bicyclic) bond motifs is 1. The van der Waals surface area contributed by atoms with Crippen LogP contribution in [0, 0.1) is 11.8 Å². The molecule has 0 aliphatic rings. The quantitative estimate of drug-likeness (QED) is 0.351. The lowest BCUT2D eigenvalue weighted by Crippen LogP contribution is -2.27. The van der Waals surface area contributed by atoms with Gasteiger partial charge in [-0.2, -0.15) is 4.37 Å². The van der Waals surface area contributed by atoms with Crippen LogP contribution in [0.5, 0.6) is 5.75 Å². The lowest BCUT2D eigenvalue weighted by molar-refractivity contribution is 0.195. The zero-order chi connectivity index (χ0) is 21.9. The van der Waals surface area contributed by atoms with Crippen LogP contribution in [0.15, 0.2) is 42.5 Å². The van der Waals surface area contributed by atoms with Gasteiger partial charge in [-0.25, -0.2) is 0 Å². The maximum absolute atomic E-state index is 9.05. The van der Waals surface area contributed by atoms with Crippen LogP contribution in [0.2, 0.25) is 0 Å². The number of aromatic nitrogens is 1. The summed E-state index contributed by atoms with van der Waals surface area (Å²) in [5, 5.41) is 13.2. The van der Waals surface area contributed by atoms with Crippen molar-refractivity contribution in [3.63, 3.8) is 0 Å². The van der Waals surface area contributed by atoms with Gasteiger partial charge in [0.15, 0.2) is 0 Å². The van der Waals surface area contributed by atoms with Gasteiger partial charge < -0.3 is 20.1 Å². The van der Waals surface area contributed by atoms with E-state index >= 15 is 0 Å². The molecule has 2 N–H and O–H groups in total. The highest BCUT2D eigenvalue weighted by Gasteiger charge is 2.10. The molecule has 0 radical (unpaired) electrons. The zero-order valence-electron chi connectivity index (χ0n) is 18.4. The predicted octanol–water partition coefficient (Wildman–Crippen LogP) is 4.01. The number of aliphatic hydroxyl groups is 1. The molecule has 0 saturated heterocycles. The van der Waals surface area contributed by atoms with Crippen molar-refractivity contribution in [2.24, 2.45) is 0 Å². The highest BCUT2D eigenvalue weighted by molar-refractivity contribution is 7.13. The molecule has 6 heteroatoms. The average molecular weight is 438 g/mol. The molecule has 0 saturated carbocycles. The molecule has 0 aliphatic carbocycles. The van der Waals surface area contributed by atoms with Crippen LogP contribution in [-0.4, -0.2) is 60.8 Å². The number of nitrogens with one attached hydrogen (secondary N) is 1. The van der Waals surface area contributed by atoms with E-state index in [9.17, 15) is 0 Å². The van der Waals surface area contributed by atoms with E-state index in [0.717, 1.165) is 65.1 Å². The third kappa shape index (κ3) is 6.78. The minimum Gasteiger partial charge on any atom is -0.494 e. The summed E-state index contributed by atoms with van der Waals surface area (Å²) in [5.74, 6) is 7.11. The fraction of sp³-hybridized carbons (Fsp3) is 0.400. The minimum atomic E-state index is 0.218. The molecule has 0 aliphatic heterocycles. The van der Waals surface area contributed by atoms with Gasteiger partial charge in [0.1, 0.15) is 5.75 Å². The van der Waals surface area contributed by atoms with E-state index < -0.39 is 0 Å². The lowest BCUT2D eigenvalue weighted by Gasteiger charge is -2.18. The Morgan fingerprint density at radius 3 is 2.71 bits per heavy atom. The van der Waals surface area contributed by atoms with Gasteiger partial charge in [-0.15, -0.1) is 0 Å². The largest absolute Gasteiger partial charge is 0.494 e. The smallest absolute Gasteiger partial charge is 0.120 e.